The highest BCUT2D eigenvalue weighted by Gasteiger charge is 2.37. The van der Waals surface area contributed by atoms with E-state index in [4.69, 9.17) is 4.52 Å². The van der Waals surface area contributed by atoms with Gasteiger partial charge >= 0.3 is 0 Å². The lowest BCUT2D eigenvalue weighted by Crippen LogP contribution is -2.45. The zero-order chi connectivity index (χ0) is 17.2. The summed E-state index contributed by atoms with van der Waals surface area (Å²) in [5.41, 5.74) is 0.877. The van der Waals surface area contributed by atoms with Gasteiger partial charge in [0.05, 0.1) is 12.0 Å². The molecular weight excluding hydrogens is 318 g/mol. The summed E-state index contributed by atoms with van der Waals surface area (Å²) >= 11 is 0. The first kappa shape index (κ1) is 16.1. The van der Waals surface area contributed by atoms with Crippen molar-refractivity contribution in [3.05, 3.63) is 36.0 Å². The predicted octanol–water partition coefficient (Wildman–Crippen LogP) is 2.35. The standard InChI is InChI=1S/C18H23N5O2/c1-13-11-15(21-25-13)16-6-3-10-23(16)17(24)14-5-2-9-22(12-14)18-19-7-4-8-20-18/h4,7-8,11,14,16H,2-3,5-6,9-10,12H2,1H3/t14-,16+/m0/s1. The second-order valence-corrected chi connectivity index (χ2v) is 6.89. The monoisotopic (exact) mass is 341 g/mol. The largest absolute Gasteiger partial charge is 0.361 e. The van der Waals surface area contributed by atoms with Crippen molar-refractivity contribution in [2.45, 2.75) is 38.6 Å². The molecule has 0 aliphatic carbocycles. The molecule has 4 heterocycles. The van der Waals surface area contributed by atoms with Gasteiger partial charge in [0.15, 0.2) is 0 Å². The van der Waals surface area contributed by atoms with Crippen LogP contribution in [-0.4, -0.2) is 45.6 Å². The van der Waals surface area contributed by atoms with Crippen molar-refractivity contribution in [3.63, 3.8) is 0 Å². The second-order valence-electron chi connectivity index (χ2n) is 6.89. The summed E-state index contributed by atoms with van der Waals surface area (Å²) in [5, 5.41) is 4.14. The number of amides is 1. The van der Waals surface area contributed by atoms with Crippen LogP contribution in [0.15, 0.2) is 29.0 Å². The molecule has 7 heteroatoms. The number of likely N-dealkylation sites (tertiary alicyclic amines) is 1. The van der Waals surface area contributed by atoms with Crippen LogP contribution < -0.4 is 4.90 Å². The number of nitrogens with zero attached hydrogens (tertiary/aromatic N) is 5. The molecule has 2 atom stereocenters. The number of aromatic nitrogens is 3. The molecule has 0 spiro atoms. The molecule has 2 aliphatic rings. The van der Waals surface area contributed by atoms with Gasteiger partial charge in [-0.15, -0.1) is 0 Å². The van der Waals surface area contributed by atoms with Gasteiger partial charge in [-0.1, -0.05) is 5.16 Å². The van der Waals surface area contributed by atoms with E-state index in [1.165, 1.54) is 0 Å². The Bertz CT molecular complexity index is 732. The summed E-state index contributed by atoms with van der Waals surface area (Å²) in [7, 11) is 0. The minimum Gasteiger partial charge on any atom is -0.361 e. The minimum atomic E-state index is -0.00819. The van der Waals surface area contributed by atoms with Gasteiger partial charge < -0.3 is 14.3 Å². The van der Waals surface area contributed by atoms with E-state index in [1.54, 1.807) is 12.4 Å². The quantitative estimate of drug-likeness (QED) is 0.853. The summed E-state index contributed by atoms with van der Waals surface area (Å²) < 4.78 is 5.21. The van der Waals surface area contributed by atoms with E-state index in [0.717, 1.165) is 50.2 Å². The van der Waals surface area contributed by atoms with Gasteiger partial charge in [-0.3, -0.25) is 4.79 Å². The Hall–Kier alpha value is -2.44. The van der Waals surface area contributed by atoms with Crippen LogP contribution in [0.2, 0.25) is 0 Å². The Kier molecular flexibility index (Phi) is 4.38. The Morgan fingerprint density at radius 1 is 1.20 bits per heavy atom. The van der Waals surface area contributed by atoms with Crippen molar-refractivity contribution in [1.82, 2.24) is 20.0 Å². The average Bonchev–Trinajstić information content (AvgIpc) is 3.30. The molecule has 2 aromatic rings. The van der Waals surface area contributed by atoms with Crippen LogP contribution >= 0.6 is 0 Å². The zero-order valence-corrected chi connectivity index (χ0v) is 14.5. The van der Waals surface area contributed by atoms with Crippen molar-refractivity contribution in [2.24, 2.45) is 5.92 Å². The van der Waals surface area contributed by atoms with E-state index in [2.05, 4.69) is 20.0 Å². The van der Waals surface area contributed by atoms with Crippen LogP contribution in [0.5, 0.6) is 0 Å². The number of piperidine rings is 1. The molecule has 0 saturated carbocycles. The number of carbonyl (C=O) groups excluding carboxylic acids is 1. The van der Waals surface area contributed by atoms with E-state index in [9.17, 15) is 4.79 Å². The predicted molar refractivity (Wildman–Crippen MR) is 91.9 cm³/mol. The molecule has 0 N–H and O–H groups in total. The maximum Gasteiger partial charge on any atom is 0.228 e. The molecule has 1 amide bonds. The molecule has 0 unspecified atom stereocenters. The van der Waals surface area contributed by atoms with Gasteiger partial charge in [-0.05, 0) is 38.7 Å². The first-order chi connectivity index (χ1) is 12.2. The lowest BCUT2D eigenvalue weighted by Gasteiger charge is -2.35. The van der Waals surface area contributed by atoms with Crippen LogP contribution in [0, 0.1) is 12.8 Å². The van der Waals surface area contributed by atoms with Gasteiger partial charge in [0.25, 0.3) is 0 Å². The Labute approximate surface area is 147 Å². The third kappa shape index (κ3) is 3.23. The van der Waals surface area contributed by atoms with Crippen molar-refractivity contribution in [2.75, 3.05) is 24.5 Å². The number of aryl methyl sites for hydroxylation is 1. The fourth-order valence-corrected chi connectivity index (χ4v) is 3.93. The van der Waals surface area contributed by atoms with Gasteiger partial charge in [0.2, 0.25) is 11.9 Å². The SMILES string of the molecule is Cc1cc([C@H]2CCCN2C(=O)[C@H]2CCCN(c3ncccn3)C2)no1. The van der Waals surface area contributed by atoms with Gasteiger partial charge in [0.1, 0.15) is 11.5 Å². The zero-order valence-electron chi connectivity index (χ0n) is 14.5. The van der Waals surface area contributed by atoms with Crippen LogP contribution in [0.25, 0.3) is 0 Å². The van der Waals surface area contributed by atoms with Crippen LogP contribution in [0.4, 0.5) is 5.95 Å². The molecule has 2 saturated heterocycles. The Balaban J connectivity index is 1.48. The average molecular weight is 341 g/mol. The maximum atomic E-state index is 13.2. The summed E-state index contributed by atoms with van der Waals surface area (Å²) in [6, 6.07) is 3.81. The molecule has 0 aromatic carbocycles. The Morgan fingerprint density at radius 3 is 2.76 bits per heavy atom. The van der Waals surface area contributed by atoms with E-state index >= 15 is 0 Å². The fourth-order valence-electron chi connectivity index (χ4n) is 3.93. The van der Waals surface area contributed by atoms with Crippen LogP contribution in [-0.2, 0) is 4.79 Å². The summed E-state index contributed by atoms with van der Waals surface area (Å²) in [5.74, 6) is 1.72. The van der Waals surface area contributed by atoms with E-state index < -0.39 is 0 Å². The van der Waals surface area contributed by atoms with Crippen LogP contribution in [0.3, 0.4) is 0 Å². The van der Waals surface area contributed by atoms with E-state index in [1.807, 2.05) is 24.0 Å². The summed E-state index contributed by atoms with van der Waals surface area (Å²) in [4.78, 5) is 25.9. The molecule has 2 fully saturated rings. The highest BCUT2D eigenvalue weighted by Crippen LogP contribution is 2.34. The third-order valence-electron chi connectivity index (χ3n) is 5.13. The lowest BCUT2D eigenvalue weighted by atomic mass is 9.96. The summed E-state index contributed by atoms with van der Waals surface area (Å²) in [6.45, 7) is 4.27. The number of anilines is 1. The highest BCUT2D eigenvalue weighted by atomic mass is 16.5. The number of carbonyl (C=O) groups is 1. The molecule has 25 heavy (non-hydrogen) atoms. The molecule has 2 aromatic heterocycles. The van der Waals surface area contributed by atoms with Crippen molar-refractivity contribution in [1.29, 1.82) is 0 Å². The Morgan fingerprint density at radius 2 is 2.00 bits per heavy atom. The fraction of sp³-hybridized carbons (Fsp3) is 0.556. The molecule has 132 valence electrons. The molecule has 0 radical (unpaired) electrons. The minimum absolute atomic E-state index is 0.00819. The van der Waals surface area contributed by atoms with Crippen molar-refractivity contribution >= 4 is 11.9 Å². The van der Waals surface area contributed by atoms with Gasteiger partial charge in [-0.25, -0.2) is 9.97 Å². The second kappa shape index (κ2) is 6.82. The first-order valence-corrected chi connectivity index (χ1v) is 8.98. The van der Waals surface area contributed by atoms with Crippen LogP contribution in [0.1, 0.15) is 43.2 Å². The maximum absolute atomic E-state index is 13.2. The first-order valence-electron chi connectivity index (χ1n) is 8.98. The summed E-state index contributed by atoms with van der Waals surface area (Å²) in [6.07, 6.45) is 7.37. The van der Waals surface area contributed by atoms with Gasteiger partial charge in [-0.2, -0.15) is 0 Å². The van der Waals surface area contributed by atoms with E-state index in [0.29, 0.717) is 12.5 Å². The van der Waals surface area contributed by atoms with Crippen molar-refractivity contribution in [3.8, 4) is 0 Å². The molecule has 2 aliphatic heterocycles. The number of hydrogen-bond acceptors (Lipinski definition) is 6. The number of hydrogen-bond donors (Lipinski definition) is 0. The topological polar surface area (TPSA) is 75.4 Å². The molecule has 7 nitrogen and oxygen atoms in total. The normalized spacial score (nSPS) is 23.9. The van der Waals surface area contributed by atoms with E-state index in [-0.39, 0.29) is 17.9 Å². The molecular formula is C18H23N5O2. The lowest BCUT2D eigenvalue weighted by molar-refractivity contribution is -0.136. The smallest absolute Gasteiger partial charge is 0.228 e. The van der Waals surface area contributed by atoms with Gasteiger partial charge in [0, 0.05) is 38.1 Å². The molecule has 4 rings (SSSR count). The highest BCUT2D eigenvalue weighted by molar-refractivity contribution is 5.80. The molecule has 0 bridgehead atoms. The number of rotatable bonds is 3. The third-order valence-corrected chi connectivity index (χ3v) is 5.13. The van der Waals surface area contributed by atoms with Crippen molar-refractivity contribution < 1.29 is 9.32 Å².